The first-order valence-electron chi connectivity index (χ1n) is 19.9. The number of nitrogens with one attached hydrogen (secondary N) is 3. The standard InChI is InChI=1S/C41H72N4O8/c1-29(2)35(34-17-11-10-12-18-34)25-36(40(49)44-22-16-9-8-15-21-43-37(46)19-13-14-20-38(47)48)39(30(3)4)41(50)45-32(6)27-52-28-33(7)53-24-23-51-26-31(5)42/h10-12,17-18,29-33,35-36,39H,8-9,13-16,19-28,42H2,1-7H3,(H,43,46)(H,44,49)(H,45,50)(H,47,48). The van der Waals surface area contributed by atoms with E-state index in [1.807, 2.05) is 52.8 Å². The van der Waals surface area contributed by atoms with E-state index >= 15 is 0 Å². The lowest BCUT2D eigenvalue weighted by atomic mass is 9.73. The van der Waals surface area contributed by atoms with Crippen molar-refractivity contribution >= 4 is 23.7 Å². The van der Waals surface area contributed by atoms with Gasteiger partial charge in [0.05, 0.1) is 51.0 Å². The van der Waals surface area contributed by atoms with Crippen LogP contribution in [0.1, 0.15) is 118 Å². The summed E-state index contributed by atoms with van der Waals surface area (Å²) >= 11 is 0. The Kier molecular flexibility index (Phi) is 25.7. The largest absolute Gasteiger partial charge is 0.481 e. The molecule has 12 heteroatoms. The maximum Gasteiger partial charge on any atom is 0.303 e. The molecule has 3 amide bonds. The van der Waals surface area contributed by atoms with Gasteiger partial charge < -0.3 is 41.0 Å². The summed E-state index contributed by atoms with van der Waals surface area (Å²) in [5, 5.41) is 17.9. The number of carboxylic acids is 1. The van der Waals surface area contributed by atoms with Gasteiger partial charge in [0.2, 0.25) is 17.7 Å². The number of unbranched alkanes of at least 4 members (excludes halogenated alkanes) is 4. The summed E-state index contributed by atoms with van der Waals surface area (Å²) in [6.45, 7) is 17.3. The van der Waals surface area contributed by atoms with Crippen molar-refractivity contribution in [2.24, 2.45) is 29.4 Å². The molecule has 0 fully saturated rings. The van der Waals surface area contributed by atoms with E-state index < -0.39 is 17.8 Å². The molecule has 0 spiro atoms. The third kappa shape index (κ3) is 22.7. The fraction of sp³-hybridized carbons (Fsp3) is 0.756. The van der Waals surface area contributed by atoms with Crippen LogP contribution in [-0.2, 0) is 33.4 Å². The zero-order chi connectivity index (χ0) is 39.6. The molecule has 6 N–H and O–H groups in total. The summed E-state index contributed by atoms with van der Waals surface area (Å²) < 4.78 is 17.1. The number of carboxylic acid groups (broad SMARTS) is 1. The monoisotopic (exact) mass is 749 g/mol. The number of ether oxygens (including phenoxy) is 3. The minimum absolute atomic E-state index is 0.0142. The van der Waals surface area contributed by atoms with Crippen LogP contribution < -0.4 is 21.7 Å². The average Bonchev–Trinajstić information content (AvgIpc) is 3.09. The van der Waals surface area contributed by atoms with Gasteiger partial charge in [-0.05, 0) is 76.2 Å². The molecule has 12 nitrogen and oxygen atoms in total. The fourth-order valence-electron chi connectivity index (χ4n) is 6.38. The van der Waals surface area contributed by atoms with Crippen LogP contribution in [0, 0.1) is 23.7 Å². The van der Waals surface area contributed by atoms with Crippen molar-refractivity contribution in [1.82, 2.24) is 16.0 Å². The SMILES string of the molecule is CC(N)COCCOC(C)COCC(C)NC(=O)C(C(C)C)C(CC(c1ccccc1)C(C)C)C(=O)NCCCCCCNC(=O)CCCCC(=O)O. The van der Waals surface area contributed by atoms with E-state index in [2.05, 4.69) is 41.9 Å². The molecule has 0 saturated carbocycles. The highest BCUT2D eigenvalue weighted by molar-refractivity contribution is 5.88. The molecule has 53 heavy (non-hydrogen) atoms. The predicted molar refractivity (Wildman–Crippen MR) is 209 cm³/mol. The van der Waals surface area contributed by atoms with Gasteiger partial charge in [-0.2, -0.15) is 0 Å². The Morgan fingerprint density at radius 3 is 1.96 bits per heavy atom. The Morgan fingerprint density at radius 1 is 0.717 bits per heavy atom. The van der Waals surface area contributed by atoms with Crippen LogP contribution >= 0.6 is 0 Å². The van der Waals surface area contributed by atoms with Crippen LogP contribution in [0.2, 0.25) is 0 Å². The van der Waals surface area contributed by atoms with Crippen molar-refractivity contribution < 1.29 is 38.5 Å². The van der Waals surface area contributed by atoms with E-state index in [4.69, 9.17) is 25.1 Å². The minimum atomic E-state index is -0.842. The first-order chi connectivity index (χ1) is 25.2. The van der Waals surface area contributed by atoms with Crippen molar-refractivity contribution in [3.8, 4) is 0 Å². The van der Waals surface area contributed by atoms with Gasteiger partial charge in [-0.15, -0.1) is 0 Å². The van der Waals surface area contributed by atoms with Crippen molar-refractivity contribution in [3.63, 3.8) is 0 Å². The molecule has 6 unspecified atom stereocenters. The summed E-state index contributed by atoms with van der Waals surface area (Å²) in [6.07, 6.45) is 5.34. The highest BCUT2D eigenvalue weighted by atomic mass is 16.5. The number of nitrogens with two attached hydrogens (primary N) is 1. The number of carbonyl (C=O) groups is 4. The van der Waals surface area contributed by atoms with Crippen molar-refractivity contribution in [3.05, 3.63) is 35.9 Å². The second-order valence-corrected chi connectivity index (χ2v) is 15.2. The van der Waals surface area contributed by atoms with Gasteiger partial charge in [0.15, 0.2) is 0 Å². The normalized spacial score (nSPS) is 15.0. The zero-order valence-electron chi connectivity index (χ0n) is 33.7. The smallest absolute Gasteiger partial charge is 0.303 e. The lowest BCUT2D eigenvalue weighted by Gasteiger charge is -2.33. The Morgan fingerprint density at radius 2 is 1.36 bits per heavy atom. The molecule has 0 aliphatic rings. The summed E-state index contributed by atoms with van der Waals surface area (Å²) in [5.74, 6) is -1.92. The maximum atomic E-state index is 14.0. The van der Waals surface area contributed by atoms with Gasteiger partial charge in [-0.1, -0.05) is 70.9 Å². The summed E-state index contributed by atoms with van der Waals surface area (Å²) in [6, 6.07) is 9.95. The van der Waals surface area contributed by atoms with Crippen LogP contribution in [0.15, 0.2) is 30.3 Å². The number of benzene rings is 1. The molecule has 1 aromatic rings. The molecular formula is C41H72N4O8. The summed E-state index contributed by atoms with van der Waals surface area (Å²) in [7, 11) is 0. The van der Waals surface area contributed by atoms with Crippen molar-refractivity contribution in [2.75, 3.05) is 46.1 Å². The molecule has 0 aliphatic carbocycles. The number of aliphatic carboxylic acids is 1. The predicted octanol–water partition coefficient (Wildman–Crippen LogP) is 5.43. The average molecular weight is 749 g/mol. The highest BCUT2D eigenvalue weighted by Crippen LogP contribution is 2.36. The first-order valence-corrected chi connectivity index (χ1v) is 19.9. The molecule has 0 aliphatic heterocycles. The van der Waals surface area contributed by atoms with E-state index in [0.717, 1.165) is 31.2 Å². The highest BCUT2D eigenvalue weighted by Gasteiger charge is 2.38. The minimum Gasteiger partial charge on any atom is -0.481 e. The molecule has 1 rings (SSSR count). The molecular weight excluding hydrogens is 676 g/mol. The van der Waals surface area contributed by atoms with Crippen molar-refractivity contribution in [1.29, 1.82) is 0 Å². The quantitative estimate of drug-likeness (QED) is 0.0620. The fourth-order valence-corrected chi connectivity index (χ4v) is 6.38. The first kappa shape index (κ1) is 48.0. The molecule has 1 aromatic carbocycles. The summed E-state index contributed by atoms with van der Waals surface area (Å²) in [4.78, 5) is 50.5. The zero-order valence-corrected chi connectivity index (χ0v) is 33.7. The third-order valence-electron chi connectivity index (χ3n) is 9.22. The van der Waals surface area contributed by atoms with Gasteiger partial charge in [0.25, 0.3) is 0 Å². The molecule has 0 bridgehead atoms. The second-order valence-electron chi connectivity index (χ2n) is 15.2. The third-order valence-corrected chi connectivity index (χ3v) is 9.22. The van der Waals surface area contributed by atoms with E-state index in [9.17, 15) is 19.2 Å². The van der Waals surface area contributed by atoms with Gasteiger partial charge in [0, 0.05) is 38.0 Å². The number of hydrogen-bond donors (Lipinski definition) is 5. The van der Waals surface area contributed by atoms with Crippen LogP contribution in [-0.4, -0.2) is 93.1 Å². The van der Waals surface area contributed by atoms with E-state index in [1.165, 1.54) is 0 Å². The molecule has 0 aromatic heterocycles. The molecule has 0 heterocycles. The van der Waals surface area contributed by atoms with Gasteiger partial charge >= 0.3 is 5.97 Å². The lowest BCUT2D eigenvalue weighted by Crippen LogP contribution is -2.48. The molecule has 6 atom stereocenters. The van der Waals surface area contributed by atoms with E-state index in [1.54, 1.807) is 0 Å². The molecule has 0 saturated heterocycles. The lowest BCUT2D eigenvalue weighted by molar-refractivity contribution is -0.137. The van der Waals surface area contributed by atoms with Crippen molar-refractivity contribution in [2.45, 2.75) is 130 Å². The Hall–Kier alpha value is -3.06. The van der Waals surface area contributed by atoms with Crippen LogP contribution in [0.3, 0.4) is 0 Å². The Labute approximate surface area is 319 Å². The Balaban J connectivity index is 2.76. The number of rotatable bonds is 31. The number of amides is 3. The molecule has 304 valence electrons. The van der Waals surface area contributed by atoms with E-state index in [-0.39, 0.29) is 60.1 Å². The van der Waals surface area contributed by atoms with Gasteiger partial charge in [-0.25, -0.2) is 0 Å². The topological polar surface area (TPSA) is 178 Å². The van der Waals surface area contributed by atoms with Crippen LogP contribution in [0.5, 0.6) is 0 Å². The Bertz CT molecular complexity index is 1150. The van der Waals surface area contributed by atoms with Crippen LogP contribution in [0.4, 0.5) is 0 Å². The van der Waals surface area contributed by atoms with Gasteiger partial charge in [0.1, 0.15) is 0 Å². The molecule has 0 radical (unpaired) electrons. The summed E-state index contributed by atoms with van der Waals surface area (Å²) in [5.41, 5.74) is 6.86. The van der Waals surface area contributed by atoms with E-state index in [0.29, 0.717) is 71.8 Å². The van der Waals surface area contributed by atoms with Crippen LogP contribution in [0.25, 0.3) is 0 Å². The van der Waals surface area contributed by atoms with Gasteiger partial charge in [-0.3, -0.25) is 19.2 Å². The maximum absolute atomic E-state index is 14.0. The number of hydrogen-bond acceptors (Lipinski definition) is 8. The number of carbonyl (C=O) groups excluding carboxylic acids is 3. The second kappa shape index (κ2) is 28.4.